The second kappa shape index (κ2) is 7.44. The fraction of sp³-hybridized carbons (Fsp3) is 0.429. The van der Waals surface area contributed by atoms with Crippen LogP contribution < -0.4 is 4.90 Å². The van der Waals surface area contributed by atoms with E-state index in [0.717, 1.165) is 6.04 Å². The van der Waals surface area contributed by atoms with Crippen LogP contribution in [0.25, 0.3) is 0 Å². The molecule has 2 nitrogen and oxygen atoms in total. The summed E-state index contributed by atoms with van der Waals surface area (Å²) in [7, 11) is 0. The van der Waals surface area contributed by atoms with Gasteiger partial charge in [-0.3, -0.25) is 0 Å². The van der Waals surface area contributed by atoms with Gasteiger partial charge in [0.2, 0.25) is 0 Å². The molecule has 2 aromatic rings. The van der Waals surface area contributed by atoms with Crippen LogP contribution in [0.2, 0.25) is 0 Å². The number of rotatable bonds is 4. The second-order valence-corrected chi connectivity index (χ2v) is 8.16. The number of fused-ring (bicyclic) bond motifs is 1. The summed E-state index contributed by atoms with van der Waals surface area (Å²) < 4.78 is 1.43. The van der Waals surface area contributed by atoms with E-state index in [1.165, 1.54) is 66.7 Å². The predicted octanol–water partition coefficient (Wildman–Crippen LogP) is 4.36. The zero-order valence-corrected chi connectivity index (χ0v) is 16.3. The number of para-hydroxylation sites is 1. The van der Waals surface area contributed by atoms with Crippen molar-refractivity contribution in [2.24, 2.45) is 0 Å². The van der Waals surface area contributed by atoms with Crippen LogP contribution in [-0.2, 0) is 12.8 Å². The molecule has 2 aliphatic heterocycles. The van der Waals surface area contributed by atoms with Gasteiger partial charge in [0.25, 0.3) is 0 Å². The zero-order chi connectivity index (χ0) is 16.4. The molecule has 1 fully saturated rings. The van der Waals surface area contributed by atoms with Crippen molar-refractivity contribution in [3.8, 4) is 0 Å². The van der Waals surface area contributed by atoms with Gasteiger partial charge in [-0.15, -0.1) is 0 Å². The Kier molecular flexibility index (Phi) is 5.09. The third-order valence-electron chi connectivity index (χ3n) is 5.54. The first kappa shape index (κ1) is 16.4. The quantitative estimate of drug-likeness (QED) is 0.663. The van der Waals surface area contributed by atoms with E-state index in [1.54, 1.807) is 5.56 Å². The molecular weight excluding hydrogens is 407 g/mol. The van der Waals surface area contributed by atoms with Crippen LogP contribution in [-0.4, -0.2) is 37.1 Å². The molecular formula is C21H25IN2. The monoisotopic (exact) mass is 432 g/mol. The van der Waals surface area contributed by atoms with Crippen molar-refractivity contribution in [2.75, 3.05) is 31.1 Å². The van der Waals surface area contributed by atoms with Crippen molar-refractivity contribution in [2.45, 2.75) is 31.7 Å². The first-order chi connectivity index (χ1) is 11.8. The summed E-state index contributed by atoms with van der Waals surface area (Å²) >= 11 is 2.51. The normalized spacial score (nSPS) is 18.8. The summed E-state index contributed by atoms with van der Waals surface area (Å²) in [6.07, 6.45) is 5.01. The van der Waals surface area contributed by atoms with Crippen LogP contribution in [0.3, 0.4) is 0 Å². The van der Waals surface area contributed by atoms with Gasteiger partial charge in [0.1, 0.15) is 0 Å². The van der Waals surface area contributed by atoms with Crippen molar-refractivity contribution in [1.82, 2.24) is 4.90 Å². The molecule has 0 amide bonds. The molecule has 3 heteroatoms. The first-order valence-corrected chi connectivity index (χ1v) is 10.2. The largest absolute Gasteiger partial charge is 0.367 e. The molecule has 2 heterocycles. The SMILES string of the molecule is Ic1cccc2c1N(C1CCN(CCc3ccccc3)CC1)CC2. The molecule has 4 rings (SSSR count). The van der Waals surface area contributed by atoms with Crippen molar-refractivity contribution in [3.05, 3.63) is 63.2 Å². The zero-order valence-electron chi connectivity index (χ0n) is 14.1. The Balaban J connectivity index is 1.33. The third-order valence-corrected chi connectivity index (χ3v) is 6.41. The maximum Gasteiger partial charge on any atom is 0.0537 e. The summed E-state index contributed by atoms with van der Waals surface area (Å²) in [6, 6.07) is 18.4. The highest BCUT2D eigenvalue weighted by Crippen LogP contribution is 2.36. The molecule has 0 radical (unpaired) electrons. The maximum absolute atomic E-state index is 2.70. The molecule has 24 heavy (non-hydrogen) atoms. The number of halogens is 1. The molecule has 0 N–H and O–H groups in total. The number of hydrogen-bond donors (Lipinski definition) is 0. The standard InChI is InChI=1S/C21H25IN2/c22-20-8-4-7-18-10-16-24(21(18)20)19-11-14-23(15-12-19)13-9-17-5-2-1-3-6-17/h1-8,19H,9-16H2. The lowest BCUT2D eigenvalue weighted by molar-refractivity contribution is 0.212. The Morgan fingerprint density at radius 2 is 1.71 bits per heavy atom. The average Bonchev–Trinajstić information content (AvgIpc) is 3.07. The van der Waals surface area contributed by atoms with E-state index >= 15 is 0 Å². The third kappa shape index (κ3) is 3.47. The highest BCUT2D eigenvalue weighted by Gasteiger charge is 2.30. The molecule has 2 aliphatic rings. The molecule has 0 saturated carbocycles. The predicted molar refractivity (Wildman–Crippen MR) is 110 cm³/mol. The van der Waals surface area contributed by atoms with Crippen molar-refractivity contribution in [1.29, 1.82) is 0 Å². The Morgan fingerprint density at radius 3 is 2.50 bits per heavy atom. The van der Waals surface area contributed by atoms with Crippen molar-refractivity contribution in [3.63, 3.8) is 0 Å². The minimum atomic E-state index is 0.732. The van der Waals surface area contributed by atoms with E-state index in [-0.39, 0.29) is 0 Å². The van der Waals surface area contributed by atoms with Crippen LogP contribution in [0, 0.1) is 3.57 Å². The van der Waals surface area contributed by atoms with Crippen LogP contribution in [0.15, 0.2) is 48.5 Å². The molecule has 0 unspecified atom stereocenters. The highest BCUT2D eigenvalue weighted by atomic mass is 127. The van der Waals surface area contributed by atoms with Gasteiger partial charge < -0.3 is 9.80 Å². The number of nitrogens with zero attached hydrogens (tertiary/aromatic N) is 2. The van der Waals surface area contributed by atoms with Gasteiger partial charge in [-0.1, -0.05) is 42.5 Å². The van der Waals surface area contributed by atoms with E-state index in [2.05, 4.69) is 80.9 Å². The number of benzene rings is 2. The lowest BCUT2D eigenvalue weighted by atomic mass is 10.0. The smallest absolute Gasteiger partial charge is 0.0537 e. The lowest BCUT2D eigenvalue weighted by Crippen LogP contribution is -2.45. The number of piperidine rings is 1. The summed E-state index contributed by atoms with van der Waals surface area (Å²) in [5, 5.41) is 0. The highest BCUT2D eigenvalue weighted by molar-refractivity contribution is 14.1. The number of hydrogen-bond acceptors (Lipinski definition) is 2. The molecule has 126 valence electrons. The Morgan fingerprint density at radius 1 is 0.917 bits per heavy atom. The first-order valence-electron chi connectivity index (χ1n) is 9.11. The van der Waals surface area contributed by atoms with Gasteiger partial charge in [-0.2, -0.15) is 0 Å². The fourth-order valence-electron chi connectivity index (χ4n) is 4.19. The minimum absolute atomic E-state index is 0.732. The van der Waals surface area contributed by atoms with Crippen LogP contribution in [0.4, 0.5) is 5.69 Å². The summed E-state index contributed by atoms with van der Waals surface area (Å²) in [4.78, 5) is 5.35. The van der Waals surface area contributed by atoms with Gasteiger partial charge in [0, 0.05) is 35.8 Å². The number of anilines is 1. The molecule has 2 aromatic carbocycles. The summed E-state index contributed by atoms with van der Waals surface area (Å²) in [6.45, 7) is 4.90. The van der Waals surface area contributed by atoms with Gasteiger partial charge in [0.05, 0.1) is 5.69 Å². The molecule has 0 aromatic heterocycles. The average molecular weight is 432 g/mol. The minimum Gasteiger partial charge on any atom is -0.367 e. The number of likely N-dealkylation sites (tertiary alicyclic amines) is 1. The molecule has 0 aliphatic carbocycles. The van der Waals surface area contributed by atoms with E-state index in [9.17, 15) is 0 Å². The molecule has 0 spiro atoms. The molecule has 0 bridgehead atoms. The van der Waals surface area contributed by atoms with Gasteiger partial charge in [0.15, 0.2) is 0 Å². The van der Waals surface area contributed by atoms with Gasteiger partial charge in [-0.25, -0.2) is 0 Å². The Hall–Kier alpha value is -1.07. The van der Waals surface area contributed by atoms with Crippen LogP contribution in [0.1, 0.15) is 24.0 Å². The Bertz CT molecular complexity index is 677. The maximum atomic E-state index is 2.70. The lowest BCUT2D eigenvalue weighted by Gasteiger charge is -2.38. The van der Waals surface area contributed by atoms with Gasteiger partial charge >= 0.3 is 0 Å². The topological polar surface area (TPSA) is 6.48 Å². The summed E-state index contributed by atoms with van der Waals surface area (Å²) in [5.74, 6) is 0. The van der Waals surface area contributed by atoms with E-state index in [1.807, 2.05) is 0 Å². The summed E-state index contributed by atoms with van der Waals surface area (Å²) in [5.41, 5.74) is 4.54. The van der Waals surface area contributed by atoms with Crippen LogP contribution in [0.5, 0.6) is 0 Å². The van der Waals surface area contributed by atoms with E-state index < -0.39 is 0 Å². The van der Waals surface area contributed by atoms with E-state index in [0.29, 0.717) is 0 Å². The Labute approximate surface area is 159 Å². The van der Waals surface area contributed by atoms with Crippen molar-refractivity contribution < 1.29 is 0 Å². The van der Waals surface area contributed by atoms with Crippen LogP contribution >= 0.6 is 22.6 Å². The van der Waals surface area contributed by atoms with Crippen molar-refractivity contribution >= 4 is 28.3 Å². The fourth-order valence-corrected chi connectivity index (χ4v) is 5.05. The second-order valence-electron chi connectivity index (χ2n) is 7.00. The molecule has 1 saturated heterocycles. The van der Waals surface area contributed by atoms with E-state index in [4.69, 9.17) is 0 Å². The molecule has 0 atom stereocenters. The van der Waals surface area contributed by atoms with Gasteiger partial charge in [-0.05, 0) is 65.5 Å².